The number of para-hydroxylation sites is 2. The number of urea groups is 1. The van der Waals surface area contributed by atoms with Gasteiger partial charge in [0.25, 0.3) is 0 Å². The summed E-state index contributed by atoms with van der Waals surface area (Å²) in [6.45, 7) is 5.65. The van der Waals surface area contributed by atoms with Gasteiger partial charge >= 0.3 is 6.03 Å². The molecule has 0 N–H and O–H groups in total. The minimum absolute atomic E-state index is 0.0259. The van der Waals surface area contributed by atoms with Crippen LogP contribution in [-0.2, 0) is 4.79 Å². The minimum atomic E-state index is -0.0259. The maximum atomic E-state index is 13.1. The number of nitrogens with zero attached hydrogens (tertiary/aromatic N) is 3. The maximum Gasteiger partial charge on any atom is 0.324 e. The van der Waals surface area contributed by atoms with Crippen molar-refractivity contribution in [2.24, 2.45) is 5.92 Å². The molecule has 0 saturated carbocycles. The van der Waals surface area contributed by atoms with Crippen LogP contribution in [0, 0.1) is 5.92 Å². The van der Waals surface area contributed by atoms with Crippen LogP contribution in [0.25, 0.3) is 0 Å². The molecule has 3 aliphatic heterocycles. The Morgan fingerprint density at radius 1 is 0.963 bits per heavy atom. The number of hydrogen-bond donors (Lipinski definition) is 0. The van der Waals surface area contributed by atoms with Gasteiger partial charge in [-0.25, -0.2) is 4.79 Å². The summed E-state index contributed by atoms with van der Waals surface area (Å²) in [5, 5.41) is 0. The van der Waals surface area contributed by atoms with Gasteiger partial charge in [0.15, 0.2) is 0 Å². The van der Waals surface area contributed by atoms with Crippen LogP contribution in [0.5, 0.6) is 5.75 Å². The highest BCUT2D eigenvalue weighted by Crippen LogP contribution is 2.34. The monoisotopic (exact) mass is 371 g/mol. The average Bonchev–Trinajstić information content (AvgIpc) is 2.73. The number of amides is 3. The largest absolute Gasteiger partial charge is 0.487 e. The van der Waals surface area contributed by atoms with E-state index in [0.29, 0.717) is 25.5 Å². The van der Waals surface area contributed by atoms with Crippen molar-refractivity contribution in [2.75, 3.05) is 37.6 Å². The Morgan fingerprint density at radius 3 is 2.41 bits per heavy atom. The van der Waals surface area contributed by atoms with E-state index in [0.717, 1.165) is 50.2 Å². The molecule has 27 heavy (non-hydrogen) atoms. The molecule has 0 aromatic heterocycles. The maximum absolute atomic E-state index is 13.1. The van der Waals surface area contributed by atoms with Gasteiger partial charge in [0.1, 0.15) is 11.9 Å². The van der Waals surface area contributed by atoms with E-state index in [9.17, 15) is 9.59 Å². The zero-order valence-electron chi connectivity index (χ0n) is 16.1. The number of fused-ring (bicyclic) bond motifs is 1. The van der Waals surface area contributed by atoms with Crippen LogP contribution in [-0.4, -0.2) is 60.6 Å². The van der Waals surface area contributed by atoms with Gasteiger partial charge in [-0.1, -0.05) is 12.1 Å². The van der Waals surface area contributed by atoms with Crippen LogP contribution < -0.4 is 9.64 Å². The molecule has 3 heterocycles. The Labute approximate surface area is 161 Å². The first-order valence-corrected chi connectivity index (χ1v) is 10.2. The van der Waals surface area contributed by atoms with E-state index in [-0.39, 0.29) is 18.1 Å². The highest BCUT2D eigenvalue weighted by molar-refractivity contribution is 5.94. The van der Waals surface area contributed by atoms with Crippen LogP contribution in [0.3, 0.4) is 0 Å². The summed E-state index contributed by atoms with van der Waals surface area (Å²) >= 11 is 0. The predicted molar refractivity (Wildman–Crippen MR) is 104 cm³/mol. The molecule has 3 aliphatic rings. The quantitative estimate of drug-likeness (QED) is 0.762. The van der Waals surface area contributed by atoms with E-state index < -0.39 is 0 Å². The van der Waals surface area contributed by atoms with E-state index in [1.807, 2.05) is 45.9 Å². The van der Waals surface area contributed by atoms with Gasteiger partial charge in [-0.2, -0.15) is 0 Å². The van der Waals surface area contributed by atoms with Gasteiger partial charge in [-0.15, -0.1) is 0 Å². The molecule has 0 aliphatic carbocycles. The van der Waals surface area contributed by atoms with Gasteiger partial charge in [-0.05, 0) is 51.2 Å². The molecule has 1 atom stereocenters. The summed E-state index contributed by atoms with van der Waals surface area (Å²) < 4.78 is 5.85. The Kier molecular flexibility index (Phi) is 5.23. The molecule has 2 fully saturated rings. The molecule has 0 radical (unpaired) electrons. The first-order chi connectivity index (χ1) is 13.1. The lowest BCUT2D eigenvalue weighted by atomic mass is 9.94. The van der Waals surface area contributed by atoms with Crippen molar-refractivity contribution >= 4 is 17.6 Å². The molecule has 146 valence electrons. The van der Waals surface area contributed by atoms with Crippen LogP contribution in [0.4, 0.5) is 10.5 Å². The van der Waals surface area contributed by atoms with Crippen molar-refractivity contribution in [3.63, 3.8) is 0 Å². The molecule has 1 aromatic carbocycles. The van der Waals surface area contributed by atoms with E-state index in [1.165, 1.54) is 6.42 Å². The molecule has 3 amide bonds. The van der Waals surface area contributed by atoms with Gasteiger partial charge in [-0.3, -0.25) is 9.69 Å². The van der Waals surface area contributed by atoms with Crippen LogP contribution >= 0.6 is 0 Å². The number of benzene rings is 1. The smallest absolute Gasteiger partial charge is 0.324 e. The van der Waals surface area contributed by atoms with Crippen molar-refractivity contribution in [1.82, 2.24) is 9.80 Å². The van der Waals surface area contributed by atoms with Crippen molar-refractivity contribution in [2.45, 2.75) is 45.1 Å². The third-order valence-corrected chi connectivity index (χ3v) is 5.94. The molecule has 6 nitrogen and oxygen atoms in total. The standard InChI is InChI=1S/C21H29N3O3/c1-16-15-24(18-7-3-4-8-19(18)27-16)21(26)23-13-9-17(10-14-23)20(25)22-11-5-2-6-12-22/h3-4,7-8,16-17H,2,5-6,9-15H2,1H3. The average molecular weight is 371 g/mol. The second kappa shape index (κ2) is 7.79. The normalized spacial score (nSPS) is 23.6. The molecule has 4 rings (SSSR count). The van der Waals surface area contributed by atoms with E-state index in [4.69, 9.17) is 4.74 Å². The van der Waals surface area contributed by atoms with Crippen molar-refractivity contribution in [3.05, 3.63) is 24.3 Å². The highest BCUT2D eigenvalue weighted by Gasteiger charge is 2.35. The summed E-state index contributed by atoms with van der Waals surface area (Å²) in [5.41, 5.74) is 0.840. The number of carbonyl (C=O) groups is 2. The fraction of sp³-hybridized carbons (Fsp3) is 0.619. The Bertz CT molecular complexity index is 694. The molecule has 0 bridgehead atoms. The molecule has 0 spiro atoms. The summed E-state index contributed by atoms with van der Waals surface area (Å²) in [6, 6.07) is 7.74. The lowest BCUT2D eigenvalue weighted by Gasteiger charge is -2.40. The van der Waals surface area contributed by atoms with Crippen LogP contribution in [0.1, 0.15) is 39.0 Å². The molecular weight excluding hydrogens is 342 g/mol. The molecule has 2 saturated heterocycles. The van der Waals surface area contributed by atoms with Crippen molar-refractivity contribution in [1.29, 1.82) is 0 Å². The SMILES string of the molecule is CC1CN(C(=O)N2CCC(C(=O)N3CCCCC3)CC2)c2ccccc2O1. The lowest BCUT2D eigenvalue weighted by molar-refractivity contribution is -0.137. The topological polar surface area (TPSA) is 53.1 Å². The van der Waals surface area contributed by atoms with Gasteiger partial charge in [0, 0.05) is 32.1 Å². The Morgan fingerprint density at radius 2 is 1.67 bits per heavy atom. The summed E-state index contributed by atoms with van der Waals surface area (Å²) in [6.07, 6.45) is 4.98. The lowest BCUT2D eigenvalue weighted by Crippen LogP contribution is -2.52. The second-order valence-electron chi connectivity index (χ2n) is 7.94. The number of likely N-dealkylation sites (tertiary alicyclic amines) is 2. The molecular formula is C21H29N3O3. The first-order valence-electron chi connectivity index (χ1n) is 10.2. The number of piperidine rings is 2. The molecule has 1 aromatic rings. The molecule has 6 heteroatoms. The van der Waals surface area contributed by atoms with E-state index in [2.05, 4.69) is 0 Å². The summed E-state index contributed by atoms with van der Waals surface area (Å²) in [5.74, 6) is 1.13. The number of carbonyl (C=O) groups excluding carboxylic acids is 2. The number of anilines is 1. The number of hydrogen-bond acceptors (Lipinski definition) is 3. The number of ether oxygens (including phenoxy) is 1. The van der Waals surface area contributed by atoms with Crippen LogP contribution in [0.2, 0.25) is 0 Å². The van der Waals surface area contributed by atoms with Crippen molar-refractivity contribution in [3.8, 4) is 5.75 Å². The molecule has 1 unspecified atom stereocenters. The van der Waals surface area contributed by atoms with Crippen molar-refractivity contribution < 1.29 is 14.3 Å². The third-order valence-electron chi connectivity index (χ3n) is 5.94. The fourth-order valence-corrected chi connectivity index (χ4v) is 4.43. The fourth-order valence-electron chi connectivity index (χ4n) is 4.43. The second-order valence-corrected chi connectivity index (χ2v) is 7.94. The third kappa shape index (κ3) is 3.75. The zero-order valence-corrected chi connectivity index (χ0v) is 16.1. The summed E-state index contributed by atoms with van der Waals surface area (Å²) in [4.78, 5) is 31.6. The van der Waals surface area contributed by atoms with Gasteiger partial charge in [0.05, 0.1) is 12.2 Å². The highest BCUT2D eigenvalue weighted by atomic mass is 16.5. The Balaban J connectivity index is 1.38. The van der Waals surface area contributed by atoms with Gasteiger partial charge < -0.3 is 14.5 Å². The van der Waals surface area contributed by atoms with E-state index in [1.54, 1.807) is 0 Å². The zero-order chi connectivity index (χ0) is 18.8. The summed E-state index contributed by atoms with van der Waals surface area (Å²) in [7, 11) is 0. The van der Waals surface area contributed by atoms with Gasteiger partial charge in [0.2, 0.25) is 5.91 Å². The van der Waals surface area contributed by atoms with Crippen LogP contribution in [0.15, 0.2) is 24.3 Å². The predicted octanol–water partition coefficient (Wildman–Crippen LogP) is 3.12. The first kappa shape index (κ1) is 18.1. The Hall–Kier alpha value is -2.24. The number of rotatable bonds is 1. The van der Waals surface area contributed by atoms with E-state index >= 15 is 0 Å². The minimum Gasteiger partial charge on any atom is -0.487 e.